The van der Waals surface area contributed by atoms with Crippen LogP contribution in [0.4, 0.5) is 5.82 Å². The highest BCUT2D eigenvalue weighted by atomic mass is 16.5. The summed E-state index contributed by atoms with van der Waals surface area (Å²) in [6, 6.07) is 2.78. The third-order valence-corrected chi connectivity index (χ3v) is 2.72. The van der Waals surface area contributed by atoms with Crippen LogP contribution in [0.15, 0.2) is 24.5 Å². The molecule has 2 aromatic rings. The molecule has 0 radical (unpaired) electrons. The van der Waals surface area contributed by atoms with E-state index in [9.17, 15) is 4.79 Å². The fourth-order valence-corrected chi connectivity index (χ4v) is 1.76. The number of carboxylic acids is 1. The van der Waals surface area contributed by atoms with Gasteiger partial charge in [0, 0.05) is 26.0 Å². The Morgan fingerprint density at radius 1 is 1.58 bits per heavy atom. The van der Waals surface area contributed by atoms with Crippen molar-refractivity contribution in [2.75, 3.05) is 19.0 Å². The Bertz CT molecular complexity index is 555. The fourth-order valence-electron chi connectivity index (χ4n) is 1.76. The van der Waals surface area contributed by atoms with E-state index in [1.54, 1.807) is 36.2 Å². The number of carbonyl (C=O) groups is 1. The summed E-state index contributed by atoms with van der Waals surface area (Å²) in [5.74, 6) is -0.371. The number of nitrogens with one attached hydrogen (secondary N) is 1. The van der Waals surface area contributed by atoms with E-state index in [2.05, 4.69) is 15.4 Å². The first-order valence-corrected chi connectivity index (χ1v) is 5.99. The van der Waals surface area contributed by atoms with Gasteiger partial charge in [-0.05, 0) is 18.9 Å². The van der Waals surface area contributed by atoms with Crippen molar-refractivity contribution in [2.45, 2.75) is 18.9 Å². The van der Waals surface area contributed by atoms with Gasteiger partial charge in [-0.1, -0.05) is 0 Å². The van der Waals surface area contributed by atoms with Gasteiger partial charge in [0.2, 0.25) is 0 Å². The van der Waals surface area contributed by atoms with Gasteiger partial charge in [-0.3, -0.25) is 0 Å². The zero-order valence-corrected chi connectivity index (χ0v) is 10.6. The lowest BCUT2D eigenvalue weighted by Gasteiger charge is -2.14. The van der Waals surface area contributed by atoms with E-state index in [4.69, 9.17) is 9.84 Å². The number of fused-ring (bicyclic) bond motifs is 1. The van der Waals surface area contributed by atoms with Gasteiger partial charge in [-0.25, -0.2) is 14.3 Å². The lowest BCUT2D eigenvalue weighted by molar-refractivity contribution is -0.138. The van der Waals surface area contributed by atoms with Crippen molar-refractivity contribution in [1.82, 2.24) is 14.6 Å². The van der Waals surface area contributed by atoms with Crippen LogP contribution in [0.5, 0.6) is 0 Å². The molecule has 19 heavy (non-hydrogen) atoms. The number of anilines is 1. The Hall–Kier alpha value is -2.15. The van der Waals surface area contributed by atoms with Crippen LogP contribution in [0.2, 0.25) is 0 Å². The molecule has 7 nitrogen and oxygen atoms in total. The van der Waals surface area contributed by atoms with Gasteiger partial charge < -0.3 is 15.2 Å². The lowest BCUT2D eigenvalue weighted by atomic mass is 10.1. The SMILES string of the molecule is COCCCC(Nc1ccn2nccc2n1)C(=O)O. The maximum Gasteiger partial charge on any atom is 0.326 e. The largest absolute Gasteiger partial charge is 0.480 e. The van der Waals surface area contributed by atoms with Gasteiger partial charge in [0.05, 0.1) is 6.20 Å². The molecular weight excluding hydrogens is 248 g/mol. The van der Waals surface area contributed by atoms with Crippen LogP contribution >= 0.6 is 0 Å². The Kier molecular flexibility index (Phi) is 4.30. The van der Waals surface area contributed by atoms with Crippen LogP contribution in [-0.4, -0.2) is 45.4 Å². The van der Waals surface area contributed by atoms with Crippen molar-refractivity contribution in [1.29, 1.82) is 0 Å². The first-order valence-electron chi connectivity index (χ1n) is 5.99. The molecule has 0 saturated carbocycles. The van der Waals surface area contributed by atoms with E-state index in [-0.39, 0.29) is 0 Å². The summed E-state index contributed by atoms with van der Waals surface area (Å²) in [5.41, 5.74) is 0.672. The second-order valence-electron chi connectivity index (χ2n) is 4.12. The summed E-state index contributed by atoms with van der Waals surface area (Å²) in [5, 5.41) is 16.1. The van der Waals surface area contributed by atoms with E-state index >= 15 is 0 Å². The number of ether oxygens (including phenoxy) is 1. The molecule has 0 saturated heterocycles. The third-order valence-electron chi connectivity index (χ3n) is 2.72. The van der Waals surface area contributed by atoms with Crippen molar-refractivity contribution in [3.8, 4) is 0 Å². The van der Waals surface area contributed by atoms with E-state index in [1.807, 2.05) is 0 Å². The second-order valence-corrected chi connectivity index (χ2v) is 4.12. The Morgan fingerprint density at radius 2 is 2.42 bits per heavy atom. The highest BCUT2D eigenvalue weighted by Gasteiger charge is 2.17. The van der Waals surface area contributed by atoms with Gasteiger partial charge in [-0.15, -0.1) is 0 Å². The number of aromatic nitrogens is 3. The molecule has 1 atom stereocenters. The Balaban J connectivity index is 2.04. The normalized spacial score (nSPS) is 12.5. The number of hydrogen-bond donors (Lipinski definition) is 2. The molecule has 2 heterocycles. The van der Waals surface area contributed by atoms with Crippen LogP contribution < -0.4 is 5.32 Å². The molecule has 0 bridgehead atoms. The summed E-state index contributed by atoms with van der Waals surface area (Å²) < 4.78 is 6.54. The van der Waals surface area contributed by atoms with Crippen LogP contribution in [0, 0.1) is 0 Å². The summed E-state index contributed by atoms with van der Waals surface area (Å²) in [6.45, 7) is 0.542. The summed E-state index contributed by atoms with van der Waals surface area (Å²) in [7, 11) is 1.60. The molecular formula is C12H16N4O3. The van der Waals surface area contributed by atoms with Crippen LogP contribution in [-0.2, 0) is 9.53 Å². The quantitative estimate of drug-likeness (QED) is 0.726. The van der Waals surface area contributed by atoms with Crippen molar-refractivity contribution in [3.05, 3.63) is 24.5 Å². The summed E-state index contributed by atoms with van der Waals surface area (Å²) >= 11 is 0. The summed E-state index contributed by atoms with van der Waals surface area (Å²) in [4.78, 5) is 15.4. The van der Waals surface area contributed by atoms with Crippen LogP contribution in [0.25, 0.3) is 5.65 Å². The monoisotopic (exact) mass is 264 g/mol. The predicted octanol–water partition coefficient (Wildman–Crippen LogP) is 1.02. The number of carboxylic acid groups (broad SMARTS) is 1. The third kappa shape index (κ3) is 3.41. The zero-order chi connectivity index (χ0) is 13.7. The fraction of sp³-hybridized carbons (Fsp3) is 0.417. The van der Waals surface area contributed by atoms with Crippen molar-refractivity contribution < 1.29 is 14.6 Å². The lowest BCUT2D eigenvalue weighted by Crippen LogP contribution is -2.30. The van der Waals surface area contributed by atoms with Crippen molar-refractivity contribution in [3.63, 3.8) is 0 Å². The molecule has 0 aromatic carbocycles. The zero-order valence-electron chi connectivity index (χ0n) is 10.6. The molecule has 7 heteroatoms. The minimum atomic E-state index is -0.897. The molecule has 2 N–H and O–H groups in total. The van der Waals surface area contributed by atoms with Crippen molar-refractivity contribution in [2.24, 2.45) is 0 Å². The maximum atomic E-state index is 11.2. The molecule has 2 rings (SSSR count). The predicted molar refractivity (Wildman–Crippen MR) is 69.1 cm³/mol. The highest BCUT2D eigenvalue weighted by molar-refractivity contribution is 5.76. The molecule has 0 aliphatic rings. The standard InChI is InChI=1S/C12H16N4O3/c1-19-8-2-3-9(12(17)18)14-10-5-7-16-11(15-10)4-6-13-16/h4-7,9H,2-3,8H2,1H3,(H,14,15)(H,17,18). The van der Waals surface area contributed by atoms with Crippen LogP contribution in [0.3, 0.4) is 0 Å². The topological polar surface area (TPSA) is 88.8 Å². The van der Waals surface area contributed by atoms with E-state index in [1.165, 1.54) is 0 Å². The molecule has 2 aromatic heterocycles. The minimum Gasteiger partial charge on any atom is -0.480 e. The minimum absolute atomic E-state index is 0.481. The molecule has 1 unspecified atom stereocenters. The molecule has 0 amide bonds. The summed E-state index contributed by atoms with van der Waals surface area (Å²) in [6.07, 6.45) is 4.53. The first-order chi connectivity index (χ1) is 9.20. The molecule has 0 aliphatic carbocycles. The smallest absolute Gasteiger partial charge is 0.326 e. The van der Waals surface area contributed by atoms with E-state index in [0.717, 1.165) is 0 Å². The van der Waals surface area contributed by atoms with Gasteiger partial charge in [0.1, 0.15) is 11.9 Å². The van der Waals surface area contributed by atoms with Crippen LogP contribution in [0.1, 0.15) is 12.8 Å². The van der Waals surface area contributed by atoms with Gasteiger partial charge in [-0.2, -0.15) is 5.10 Å². The first kappa shape index (κ1) is 13.3. The van der Waals surface area contributed by atoms with Gasteiger partial charge in [0.15, 0.2) is 5.65 Å². The number of hydrogen-bond acceptors (Lipinski definition) is 5. The average molecular weight is 264 g/mol. The molecule has 102 valence electrons. The Morgan fingerprint density at radius 3 is 3.16 bits per heavy atom. The molecule has 0 aliphatic heterocycles. The number of aliphatic carboxylic acids is 1. The van der Waals surface area contributed by atoms with E-state index in [0.29, 0.717) is 30.9 Å². The Labute approximate surface area is 110 Å². The number of nitrogens with zero attached hydrogens (tertiary/aromatic N) is 3. The van der Waals surface area contributed by atoms with Gasteiger partial charge in [0.25, 0.3) is 0 Å². The average Bonchev–Trinajstić information content (AvgIpc) is 2.85. The van der Waals surface area contributed by atoms with Gasteiger partial charge >= 0.3 is 5.97 Å². The maximum absolute atomic E-state index is 11.2. The molecule has 0 fully saturated rings. The molecule has 0 spiro atoms. The van der Waals surface area contributed by atoms with E-state index < -0.39 is 12.0 Å². The number of methoxy groups -OCH3 is 1. The highest BCUT2D eigenvalue weighted by Crippen LogP contribution is 2.10. The van der Waals surface area contributed by atoms with Crippen molar-refractivity contribution >= 4 is 17.4 Å². The number of rotatable bonds is 7. The second kappa shape index (κ2) is 6.14.